The molecule has 3 aromatic rings. The average molecular weight is 401 g/mol. The largest absolute Gasteiger partial charge is 0.465 e. The number of pyridine rings is 1. The summed E-state index contributed by atoms with van der Waals surface area (Å²) in [5, 5.41) is 0.781. The van der Waals surface area contributed by atoms with Gasteiger partial charge in [-0.1, -0.05) is 18.2 Å². The van der Waals surface area contributed by atoms with Crippen LogP contribution in [0.3, 0.4) is 0 Å². The first kappa shape index (κ1) is 18.8. The summed E-state index contributed by atoms with van der Waals surface area (Å²) in [5.41, 5.74) is 4.11. The molecule has 5 heteroatoms. The van der Waals surface area contributed by atoms with E-state index >= 15 is 0 Å². The normalized spacial score (nSPS) is 20.3. The fourth-order valence-corrected chi connectivity index (χ4v) is 4.52. The third-order valence-corrected chi connectivity index (χ3v) is 5.98. The maximum atomic E-state index is 13.3. The smallest absolute Gasteiger partial charge is 0.339 e. The van der Waals surface area contributed by atoms with Gasteiger partial charge in [-0.3, -0.25) is 4.79 Å². The minimum absolute atomic E-state index is 0.0280. The number of rotatable bonds is 3. The summed E-state index contributed by atoms with van der Waals surface area (Å²) < 4.78 is 11.2. The average Bonchev–Trinajstić information content (AvgIpc) is 3.27. The lowest BCUT2D eigenvalue weighted by Gasteiger charge is -2.24. The number of hydrogen-bond acceptors (Lipinski definition) is 5. The van der Waals surface area contributed by atoms with Gasteiger partial charge in [0.05, 0.1) is 23.0 Å². The summed E-state index contributed by atoms with van der Waals surface area (Å²) in [6, 6.07) is 11.4. The summed E-state index contributed by atoms with van der Waals surface area (Å²) in [6.45, 7) is 0. The highest BCUT2D eigenvalue weighted by Gasteiger charge is 2.30. The molecule has 2 aliphatic rings. The molecular formula is C25H23NO4. The number of ether oxygens (including phenoxy) is 1. The van der Waals surface area contributed by atoms with E-state index in [1.807, 2.05) is 42.5 Å². The van der Waals surface area contributed by atoms with Crippen LogP contribution in [0.4, 0.5) is 0 Å². The van der Waals surface area contributed by atoms with Crippen molar-refractivity contribution in [1.82, 2.24) is 4.98 Å². The minimum Gasteiger partial charge on any atom is -0.465 e. The van der Waals surface area contributed by atoms with Gasteiger partial charge < -0.3 is 9.15 Å². The minimum atomic E-state index is -0.629. The molecular weight excluding hydrogens is 378 g/mol. The van der Waals surface area contributed by atoms with Crippen molar-refractivity contribution in [2.24, 2.45) is 0 Å². The Kier molecular flexibility index (Phi) is 4.95. The van der Waals surface area contributed by atoms with E-state index in [2.05, 4.69) is 0 Å². The molecule has 0 bridgehead atoms. The van der Waals surface area contributed by atoms with Gasteiger partial charge >= 0.3 is 5.97 Å². The van der Waals surface area contributed by atoms with Gasteiger partial charge in [0.15, 0.2) is 11.9 Å². The number of aromatic nitrogens is 1. The van der Waals surface area contributed by atoms with Gasteiger partial charge in [-0.15, -0.1) is 0 Å². The number of hydrogen-bond donors (Lipinski definition) is 0. The van der Waals surface area contributed by atoms with Crippen molar-refractivity contribution in [1.29, 1.82) is 0 Å². The Morgan fingerprint density at radius 3 is 2.80 bits per heavy atom. The van der Waals surface area contributed by atoms with Crippen molar-refractivity contribution < 1.29 is 18.7 Å². The van der Waals surface area contributed by atoms with E-state index < -0.39 is 12.1 Å². The van der Waals surface area contributed by atoms with Crippen molar-refractivity contribution >= 4 is 34.3 Å². The summed E-state index contributed by atoms with van der Waals surface area (Å²) in [5.74, 6) is 0.384. The maximum Gasteiger partial charge on any atom is 0.339 e. The van der Waals surface area contributed by atoms with Crippen LogP contribution < -0.4 is 0 Å². The molecule has 0 saturated heterocycles. The summed E-state index contributed by atoms with van der Waals surface area (Å²) >= 11 is 0. The second kappa shape index (κ2) is 7.90. The van der Waals surface area contributed by atoms with Crippen molar-refractivity contribution in [3.63, 3.8) is 0 Å². The highest BCUT2D eigenvalue weighted by atomic mass is 16.5. The van der Waals surface area contributed by atoms with Crippen molar-refractivity contribution in [3.05, 3.63) is 65.2 Å². The molecule has 30 heavy (non-hydrogen) atoms. The van der Waals surface area contributed by atoms with Gasteiger partial charge in [0.2, 0.25) is 0 Å². The molecule has 5 rings (SSSR count). The van der Waals surface area contributed by atoms with E-state index in [1.165, 1.54) is 0 Å². The summed E-state index contributed by atoms with van der Waals surface area (Å²) in [4.78, 5) is 30.5. The molecule has 0 spiro atoms. The number of esters is 1. The van der Waals surface area contributed by atoms with E-state index in [9.17, 15) is 9.59 Å². The monoisotopic (exact) mass is 401 g/mol. The van der Waals surface area contributed by atoms with Crippen LogP contribution in [0.5, 0.6) is 0 Å². The summed E-state index contributed by atoms with van der Waals surface area (Å²) in [7, 11) is 0. The predicted molar refractivity (Wildman–Crippen MR) is 114 cm³/mol. The molecule has 5 nitrogen and oxygen atoms in total. The Morgan fingerprint density at radius 1 is 1.07 bits per heavy atom. The Bertz CT molecular complexity index is 1140. The Morgan fingerprint density at radius 2 is 1.97 bits per heavy atom. The van der Waals surface area contributed by atoms with Gasteiger partial charge in [-0.2, -0.15) is 0 Å². The molecule has 0 radical (unpaired) electrons. The number of benzene rings is 1. The molecule has 2 heterocycles. The van der Waals surface area contributed by atoms with Crippen LogP contribution in [0, 0.1) is 0 Å². The highest BCUT2D eigenvalue weighted by molar-refractivity contribution is 6.07. The zero-order valence-electron chi connectivity index (χ0n) is 16.7. The molecule has 0 N–H and O–H groups in total. The molecule has 0 aliphatic heterocycles. The number of ketones is 1. The first-order valence-electron chi connectivity index (χ1n) is 10.6. The van der Waals surface area contributed by atoms with Crippen LogP contribution in [-0.2, 0) is 16.0 Å². The molecule has 1 aromatic carbocycles. The van der Waals surface area contributed by atoms with E-state index in [-0.39, 0.29) is 5.78 Å². The molecule has 0 amide bonds. The fourth-order valence-electron chi connectivity index (χ4n) is 4.52. The number of furan rings is 1. The first-order chi connectivity index (χ1) is 14.7. The molecule has 152 valence electrons. The van der Waals surface area contributed by atoms with Crippen LogP contribution in [-0.4, -0.2) is 22.8 Å². The van der Waals surface area contributed by atoms with Crippen LogP contribution >= 0.6 is 0 Å². The van der Waals surface area contributed by atoms with Crippen LogP contribution in [0.2, 0.25) is 0 Å². The SMILES string of the molecule is O=C(O[C@@H]1CCCCC1=O)c1c2c(nc3ccccc13)C(=Cc1ccco1)CCC2. The number of allylic oxidation sites excluding steroid dienone is 1. The van der Waals surface area contributed by atoms with E-state index in [0.717, 1.165) is 65.6 Å². The van der Waals surface area contributed by atoms with Crippen molar-refractivity contribution in [2.45, 2.75) is 51.0 Å². The van der Waals surface area contributed by atoms with Crippen LogP contribution in [0.1, 0.15) is 65.9 Å². The fraction of sp³-hybridized carbons (Fsp3) is 0.320. The first-order valence-corrected chi connectivity index (χ1v) is 10.6. The molecule has 1 fully saturated rings. The Hall–Kier alpha value is -3.21. The Labute approximate surface area is 174 Å². The number of fused-ring (bicyclic) bond motifs is 2. The van der Waals surface area contributed by atoms with Crippen molar-refractivity contribution in [2.75, 3.05) is 0 Å². The molecule has 2 aromatic heterocycles. The lowest BCUT2D eigenvalue weighted by atomic mass is 9.86. The molecule has 1 saturated carbocycles. The lowest BCUT2D eigenvalue weighted by molar-refractivity contribution is -0.129. The van der Waals surface area contributed by atoms with E-state index in [4.69, 9.17) is 14.1 Å². The van der Waals surface area contributed by atoms with Gasteiger partial charge in [-0.25, -0.2) is 9.78 Å². The molecule has 0 unspecified atom stereocenters. The second-order valence-corrected chi connectivity index (χ2v) is 7.98. The Balaban J connectivity index is 1.62. The predicted octanol–water partition coefficient (Wildman–Crippen LogP) is 5.37. The van der Waals surface area contributed by atoms with Gasteiger partial charge in [0.1, 0.15) is 5.76 Å². The number of Topliss-reactive ketones (excluding diaryl/α,β-unsaturated/α-hetero) is 1. The van der Waals surface area contributed by atoms with E-state index in [0.29, 0.717) is 18.4 Å². The van der Waals surface area contributed by atoms with E-state index in [1.54, 1.807) is 6.26 Å². The van der Waals surface area contributed by atoms with Crippen LogP contribution in [0.25, 0.3) is 22.6 Å². The standard InChI is InChI=1S/C25H23NO4/c27-21-12-3-4-13-22(21)30-25(28)23-18-9-1-2-11-20(18)26-24-16(7-5-10-19(23)24)15-17-8-6-14-29-17/h1-2,6,8-9,11,14-15,22H,3-5,7,10,12-13H2/t22-/m1/s1. The van der Waals surface area contributed by atoms with Gasteiger partial charge in [0, 0.05) is 11.8 Å². The number of nitrogens with zero attached hydrogens (tertiary/aromatic N) is 1. The number of carbonyl (C=O) groups is 2. The second-order valence-electron chi connectivity index (χ2n) is 7.98. The number of carbonyl (C=O) groups excluding carboxylic acids is 2. The van der Waals surface area contributed by atoms with Gasteiger partial charge in [-0.05, 0) is 73.9 Å². The maximum absolute atomic E-state index is 13.3. The lowest BCUT2D eigenvalue weighted by Crippen LogP contribution is -2.30. The third kappa shape index (κ3) is 3.45. The van der Waals surface area contributed by atoms with Gasteiger partial charge in [0.25, 0.3) is 0 Å². The molecule has 2 aliphatic carbocycles. The molecule has 1 atom stereocenters. The zero-order chi connectivity index (χ0) is 20.5. The topological polar surface area (TPSA) is 69.4 Å². The van der Waals surface area contributed by atoms with Crippen molar-refractivity contribution in [3.8, 4) is 0 Å². The summed E-state index contributed by atoms with van der Waals surface area (Å²) in [6.07, 6.45) is 8.45. The quantitative estimate of drug-likeness (QED) is 0.552. The highest BCUT2D eigenvalue weighted by Crippen LogP contribution is 2.36. The number of para-hydroxylation sites is 1. The van der Waals surface area contributed by atoms with Crippen LogP contribution in [0.15, 0.2) is 47.1 Å². The third-order valence-electron chi connectivity index (χ3n) is 5.98. The zero-order valence-corrected chi connectivity index (χ0v) is 16.7.